The molecule has 4 nitrogen and oxygen atoms in total. The van der Waals surface area contributed by atoms with Crippen LogP contribution in [0, 0.1) is 0 Å². The van der Waals surface area contributed by atoms with E-state index >= 15 is 0 Å². The Hall–Kier alpha value is -3.66. The summed E-state index contributed by atoms with van der Waals surface area (Å²) in [5.74, 6) is 0. The molecule has 0 saturated heterocycles. The maximum atomic E-state index is 11.1. The molecule has 0 radical (unpaired) electrons. The first-order valence-corrected chi connectivity index (χ1v) is 8.08. The fraction of sp³-hybridized carbons (Fsp3) is 0. The van der Waals surface area contributed by atoms with E-state index in [4.69, 9.17) is 8.83 Å². The molecule has 0 aliphatic rings. The summed E-state index contributed by atoms with van der Waals surface area (Å²) in [6, 6.07) is 22.4. The van der Waals surface area contributed by atoms with Crippen LogP contribution in [0.5, 0.6) is 0 Å². The van der Waals surface area contributed by atoms with Gasteiger partial charge >= 0.3 is 11.3 Å². The van der Waals surface area contributed by atoms with Crippen molar-refractivity contribution in [3.63, 3.8) is 0 Å². The van der Waals surface area contributed by atoms with Gasteiger partial charge in [0, 0.05) is 23.3 Å². The molecular weight excluding hydrogens is 328 g/mol. The van der Waals surface area contributed by atoms with Crippen molar-refractivity contribution >= 4 is 0 Å². The highest BCUT2D eigenvalue weighted by molar-refractivity contribution is 5.72. The average molecular weight is 342 g/mol. The standard InChI is InChI=1S/C22H14O4/c23-21-11-9-19(13-25-21)17-5-1-15(2-6-17)16-3-7-18(8-4-16)20-10-12-22(24)26-14-20/h1-14H. The zero-order valence-electron chi connectivity index (χ0n) is 13.7. The average Bonchev–Trinajstić information content (AvgIpc) is 2.70. The maximum Gasteiger partial charge on any atom is 0.335 e. The molecule has 0 bridgehead atoms. The minimum absolute atomic E-state index is 0.358. The molecule has 4 aromatic rings. The molecule has 0 fully saturated rings. The van der Waals surface area contributed by atoms with Crippen LogP contribution in [0.1, 0.15) is 0 Å². The smallest absolute Gasteiger partial charge is 0.335 e. The molecule has 0 N–H and O–H groups in total. The topological polar surface area (TPSA) is 60.4 Å². The van der Waals surface area contributed by atoms with Gasteiger partial charge in [0.25, 0.3) is 0 Å². The van der Waals surface area contributed by atoms with Crippen molar-refractivity contribution in [1.29, 1.82) is 0 Å². The molecule has 2 aromatic heterocycles. The van der Waals surface area contributed by atoms with E-state index in [1.807, 2.05) is 48.5 Å². The summed E-state index contributed by atoms with van der Waals surface area (Å²) in [5, 5.41) is 0. The number of hydrogen-bond donors (Lipinski definition) is 0. The molecular formula is C22H14O4. The fourth-order valence-electron chi connectivity index (χ4n) is 2.75. The van der Waals surface area contributed by atoms with Gasteiger partial charge in [-0.1, -0.05) is 48.5 Å². The van der Waals surface area contributed by atoms with Crippen LogP contribution in [0.4, 0.5) is 0 Å². The predicted octanol–water partition coefficient (Wildman–Crippen LogP) is 4.59. The highest BCUT2D eigenvalue weighted by atomic mass is 16.4. The molecule has 0 saturated carbocycles. The summed E-state index contributed by atoms with van der Waals surface area (Å²) in [5.41, 5.74) is 5.12. The first-order chi connectivity index (χ1) is 12.7. The van der Waals surface area contributed by atoms with Gasteiger partial charge in [0.1, 0.15) is 12.5 Å². The van der Waals surface area contributed by atoms with Crippen LogP contribution in [-0.4, -0.2) is 0 Å². The summed E-state index contributed by atoms with van der Waals surface area (Å²) in [4.78, 5) is 22.1. The van der Waals surface area contributed by atoms with E-state index in [2.05, 4.69) is 0 Å². The van der Waals surface area contributed by atoms with E-state index in [1.165, 1.54) is 24.7 Å². The number of hydrogen-bond acceptors (Lipinski definition) is 4. The lowest BCUT2D eigenvalue weighted by Crippen LogP contribution is -1.93. The van der Waals surface area contributed by atoms with E-state index in [1.54, 1.807) is 12.1 Å². The van der Waals surface area contributed by atoms with Crippen molar-refractivity contribution in [1.82, 2.24) is 0 Å². The minimum Gasteiger partial charge on any atom is -0.431 e. The third-order valence-electron chi connectivity index (χ3n) is 4.17. The van der Waals surface area contributed by atoms with Gasteiger partial charge in [-0.25, -0.2) is 9.59 Å². The summed E-state index contributed by atoms with van der Waals surface area (Å²) < 4.78 is 9.81. The van der Waals surface area contributed by atoms with Gasteiger partial charge in [0.15, 0.2) is 0 Å². The van der Waals surface area contributed by atoms with Crippen LogP contribution in [0.25, 0.3) is 33.4 Å². The fourth-order valence-corrected chi connectivity index (χ4v) is 2.75. The zero-order chi connectivity index (χ0) is 17.9. The lowest BCUT2D eigenvalue weighted by molar-refractivity contribution is 0.512. The SMILES string of the molecule is O=c1ccc(-c2ccc(-c3ccc(-c4ccc(=O)oc4)cc3)cc2)co1. The number of benzene rings is 2. The number of rotatable bonds is 3. The molecule has 0 aliphatic heterocycles. The van der Waals surface area contributed by atoms with E-state index in [0.29, 0.717) is 0 Å². The molecule has 126 valence electrons. The Morgan fingerprint density at radius 2 is 0.654 bits per heavy atom. The predicted molar refractivity (Wildman–Crippen MR) is 99.8 cm³/mol. The van der Waals surface area contributed by atoms with Gasteiger partial charge < -0.3 is 8.83 Å². The van der Waals surface area contributed by atoms with E-state index in [9.17, 15) is 9.59 Å². The second kappa shape index (κ2) is 6.69. The van der Waals surface area contributed by atoms with Crippen molar-refractivity contribution < 1.29 is 8.83 Å². The van der Waals surface area contributed by atoms with Crippen LogP contribution in [0.15, 0.2) is 104 Å². The van der Waals surface area contributed by atoms with Crippen LogP contribution in [0.3, 0.4) is 0 Å². The van der Waals surface area contributed by atoms with Gasteiger partial charge in [-0.3, -0.25) is 0 Å². The maximum absolute atomic E-state index is 11.1. The van der Waals surface area contributed by atoms with E-state index < -0.39 is 0 Å². The first-order valence-electron chi connectivity index (χ1n) is 8.08. The summed E-state index contributed by atoms with van der Waals surface area (Å²) in [6.45, 7) is 0. The zero-order valence-corrected chi connectivity index (χ0v) is 13.7. The second-order valence-electron chi connectivity index (χ2n) is 5.84. The Bertz CT molecular complexity index is 1010. The lowest BCUT2D eigenvalue weighted by atomic mass is 9.99. The van der Waals surface area contributed by atoms with Gasteiger partial charge in [0.05, 0.1) is 0 Å². The van der Waals surface area contributed by atoms with Crippen molar-refractivity contribution in [3.05, 3.63) is 106 Å². The molecule has 4 rings (SSSR count). The monoisotopic (exact) mass is 342 g/mol. The Morgan fingerprint density at radius 1 is 0.385 bits per heavy atom. The molecule has 2 heterocycles. The summed E-state index contributed by atoms with van der Waals surface area (Å²) in [7, 11) is 0. The van der Waals surface area contributed by atoms with Gasteiger partial charge in [-0.05, 0) is 34.4 Å². The van der Waals surface area contributed by atoms with Crippen molar-refractivity contribution in [2.24, 2.45) is 0 Å². The van der Waals surface area contributed by atoms with Gasteiger partial charge in [0.2, 0.25) is 0 Å². The molecule has 0 atom stereocenters. The van der Waals surface area contributed by atoms with Crippen molar-refractivity contribution in [2.45, 2.75) is 0 Å². The normalized spacial score (nSPS) is 10.6. The van der Waals surface area contributed by atoms with Gasteiger partial charge in [-0.2, -0.15) is 0 Å². The lowest BCUT2D eigenvalue weighted by Gasteiger charge is -2.06. The molecule has 4 heteroatoms. The molecule has 2 aromatic carbocycles. The Labute approximate surface area is 149 Å². The largest absolute Gasteiger partial charge is 0.431 e. The minimum atomic E-state index is -0.358. The third kappa shape index (κ3) is 3.26. The quantitative estimate of drug-likeness (QED) is 0.546. The Balaban J connectivity index is 1.59. The van der Waals surface area contributed by atoms with Crippen LogP contribution in [-0.2, 0) is 0 Å². The Morgan fingerprint density at radius 3 is 0.923 bits per heavy atom. The third-order valence-corrected chi connectivity index (χ3v) is 4.17. The van der Waals surface area contributed by atoms with Crippen LogP contribution < -0.4 is 11.3 Å². The molecule has 0 aliphatic carbocycles. The summed E-state index contributed by atoms with van der Waals surface area (Å²) in [6.07, 6.45) is 2.93. The summed E-state index contributed by atoms with van der Waals surface area (Å²) >= 11 is 0. The molecule has 0 unspecified atom stereocenters. The van der Waals surface area contributed by atoms with Crippen LogP contribution >= 0.6 is 0 Å². The Kier molecular flexibility index (Phi) is 4.07. The van der Waals surface area contributed by atoms with Crippen LogP contribution in [0.2, 0.25) is 0 Å². The molecule has 26 heavy (non-hydrogen) atoms. The van der Waals surface area contributed by atoms with Gasteiger partial charge in [-0.15, -0.1) is 0 Å². The first kappa shape index (κ1) is 15.8. The van der Waals surface area contributed by atoms with Crippen molar-refractivity contribution in [2.75, 3.05) is 0 Å². The molecule has 0 spiro atoms. The molecule has 0 amide bonds. The van der Waals surface area contributed by atoms with E-state index in [-0.39, 0.29) is 11.3 Å². The second-order valence-corrected chi connectivity index (χ2v) is 5.84. The van der Waals surface area contributed by atoms with E-state index in [0.717, 1.165) is 33.4 Å². The highest BCUT2D eigenvalue weighted by Crippen LogP contribution is 2.26. The highest BCUT2D eigenvalue weighted by Gasteiger charge is 2.03. The van der Waals surface area contributed by atoms with Crippen molar-refractivity contribution in [3.8, 4) is 33.4 Å².